The molecular weight excluding hydrogens is 400 g/mol. The fraction of sp³-hybridized carbons (Fsp3) is 0.600. The first-order chi connectivity index (χ1) is 14.7. The summed E-state index contributed by atoms with van der Waals surface area (Å²) in [6, 6.07) is 6.21. The Labute approximate surface area is 175 Å². The van der Waals surface area contributed by atoms with Gasteiger partial charge < -0.3 is 38.6 Å². The minimum absolute atomic E-state index is 0.0222. The Hall–Kier alpha value is -2.08. The monoisotopic (exact) mass is 430 g/mol. The summed E-state index contributed by atoms with van der Waals surface area (Å²) in [5.74, 6) is -1.31. The highest BCUT2D eigenvalue weighted by Gasteiger charge is 2.18. The number of ether oxygens (including phenoxy) is 6. The molecule has 0 aliphatic rings. The highest BCUT2D eigenvalue weighted by Crippen LogP contribution is 2.12. The molecule has 170 valence electrons. The maximum absolute atomic E-state index is 12.3. The Morgan fingerprint density at radius 3 is 1.27 bits per heavy atom. The molecule has 0 aromatic heterocycles. The molecule has 0 aliphatic heterocycles. The summed E-state index contributed by atoms with van der Waals surface area (Å²) in [5, 5.41) is 17.1. The summed E-state index contributed by atoms with van der Waals surface area (Å²) in [6.07, 6.45) is 0. The molecule has 0 unspecified atom stereocenters. The lowest BCUT2D eigenvalue weighted by Crippen LogP contribution is -2.18. The first-order valence-electron chi connectivity index (χ1n) is 9.66. The summed E-state index contributed by atoms with van der Waals surface area (Å²) >= 11 is 0. The molecule has 0 bridgehead atoms. The van der Waals surface area contributed by atoms with Crippen molar-refractivity contribution in [1.82, 2.24) is 0 Å². The SMILES string of the molecule is O=C(OCCOCCOCCO)c1ccccc1C(=O)OCCOCCOCCO. The minimum Gasteiger partial charge on any atom is -0.460 e. The van der Waals surface area contributed by atoms with Crippen LogP contribution in [-0.4, -0.2) is 101 Å². The Bertz CT molecular complexity index is 542. The van der Waals surface area contributed by atoms with Gasteiger partial charge in [-0.25, -0.2) is 9.59 Å². The van der Waals surface area contributed by atoms with E-state index in [1.807, 2.05) is 0 Å². The molecule has 1 aromatic rings. The summed E-state index contributed by atoms with van der Waals surface area (Å²) in [6.45, 7) is 2.10. The third kappa shape index (κ3) is 11.8. The molecule has 0 amide bonds. The van der Waals surface area contributed by atoms with E-state index in [0.29, 0.717) is 26.4 Å². The second-order valence-electron chi connectivity index (χ2n) is 5.71. The third-order valence-corrected chi connectivity index (χ3v) is 3.50. The number of hydrogen-bond acceptors (Lipinski definition) is 10. The second kappa shape index (κ2) is 17.8. The largest absolute Gasteiger partial charge is 0.460 e. The van der Waals surface area contributed by atoms with Crippen molar-refractivity contribution >= 4 is 11.9 Å². The predicted molar refractivity (Wildman–Crippen MR) is 104 cm³/mol. The van der Waals surface area contributed by atoms with Crippen LogP contribution in [0.5, 0.6) is 0 Å². The highest BCUT2D eigenvalue weighted by atomic mass is 16.6. The van der Waals surface area contributed by atoms with E-state index in [2.05, 4.69) is 0 Å². The second-order valence-corrected chi connectivity index (χ2v) is 5.71. The molecule has 0 fully saturated rings. The lowest BCUT2D eigenvalue weighted by molar-refractivity contribution is 0.00746. The number of rotatable bonds is 18. The van der Waals surface area contributed by atoms with Gasteiger partial charge in [0.2, 0.25) is 0 Å². The number of benzene rings is 1. The fourth-order valence-corrected chi connectivity index (χ4v) is 2.15. The third-order valence-electron chi connectivity index (χ3n) is 3.50. The van der Waals surface area contributed by atoms with Crippen LogP contribution in [-0.2, 0) is 28.4 Å². The van der Waals surface area contributed by atoms with Crippen molar-refractivity contribution in [3.63, 3.8) is 0 Å². The fourth-order valence-electron chi connectivity index (χ4n) is 2.15. The van der Waals surface area contributed by atoms with E-state index < -0.39 is 11.9 Å². The lowest BCUT2D eigenvalue weighted by Gasteiger charge is -2.10. The Kier molecular flexibility index (Phi) is 15.4. The van der Waals surface area contributed by atoms with Crippen LogP contribution in [0.1, 0.15) is 20.7 Å². The normalized spacial score (nSPS) is 10.7. The van der Waals surface area contributed by atoms with E-state index in [1.54, 1.807) is 12.1 Å². The zero-order valence-electron chi connectivity index (χ0n) is 17.0. The number of hydrogen-bond donors (Lipinski definition) is 2. The molecule has 0 spiro atoms. The van der Waals surface area contributed by atoms with Gasteiger partial charge in [0.25, 0.3) is 0 Å². The van der Waals surface area contributed by atoms with Gasteiger partial charge in [0.05, 0.1) is 77.2 Å². The molecule has 0 heterocycles. The summed E-state index contributed by atoms with van der Waals surface area (Å²) in [7, 11) is 0. The van der Waals surface area contributed by atoms with Crippen molar-refractivity contribution in [2.75, 3.05) is 79.3 Å². The predicted octanol–water partition coefficient (Wildman–Crippen LogP) is 0.0512. The van der Waals surface area contributed by atoms with E-state index in [1.165, 1.54) is 12.1 Å². The van der Waals surface area contributed by atoms with Gasteiger partial charge in [-0.3, -0.25) is 0 Å². The molecule has 0 saturated carbocycles. The van der Waals surface area contributed by atoms with Crippen LogP contribution in [0.15, 0.2) is 24.3 Å². The molecule has 1 rings (SSSR count). The molecular formula is C20H30O10. The van der Waals surface area contributed by atoms with Crippen LogP contribution >= 0.6 is 0 Å². The van der Waals surface area contributed by atoms with Gasteiger partial charge in [-0.15, -0.1) is 0 Å². The molecule has 0 aliphatic carbocycles. The van der Waals surface area contributed by atoms with Crippen molar-refractivity contribution in [3.8, 4) is 0 Å². The number of aliphatic hydroxyl groups is 2. The van der Waals surface area contributed by atoms with Crippen LogP contribution in [0.4, 0.5) is 0 Å². The van der Waals surface area contributed by atoms with Crippen LogP contribution in [0, 0.1) is 0 Å². The van der Waals surface area contributed by atoms with Gasteiger partial charge >= 0.3 is 11.9 Å². The Morgan fingerprint density at radius 1 is 0.567 bits per heavy atom. The Balaban J connectivity index is 2.29. The van der Waals surface area contributed by atoms with Crippen molar-refractivity contribution in [3.05, 3.63) is 35.4 Å². The van der Waals surface area contributed by atoms with Crippen molar-refractivity contribution < 1.29 is 48.2 Å². The van der Waals surface area contributed by atoms with Gasteiger partial charge in [-0.1, -0.05) is 12.1 Å². The average molecular weight is 430 g/mol. The van der Waals surface area contributed by atoms with Crippen molar-refractivity contribution in [2.24, 2.45) is 0 Å². The van der Waals surface area contributed by atoms with Gasteiger partial charge in [0, 0.05) is 0 Å². The van der Waals surface area contributed by atoms with E-state index in [4.69, 9.17) is 38.6 Å². The number of esters is 2. The summed E-state index contributed by atoms with van der Waals surface area (Å²) in [5.41, 5.74) is 0.208. The zero-order chi connectivity index (χ0) is 21.9. The van der Waals surface area contributed by atoms with Crippen LogP contribution in [0.25, 0.3) is 0 Å². The van der Waals surface area contributed by atoms with Gasteiger partial charge in [0.1, 0.15) is 13.2 Å². The van der Waals surface area contributed by atoms with Crippen LogP contribution < -0.4 is 0 Å². The van der Waals surface area contributed by atoms with Gasteiger partial charge in [0.15, 0.2) is 0 Å². The Morgan fingerprint density at radius 2 is 0.900 bits per heavy atom. The molecule has 10 heteroatoms. The van der Waals surface area contributed by atoms with Crippen molar-refractivity contribution in [2.45, 2.75) is 0 Å². The molecule has 30 heavy (non-hydrogen) atoms. The van der Waals surface area contributed by atoms with Gasteiger partial charge in [-0.05, 0) is 12.1 Å². The molecule has 1 aromatic carbocycles. The number of carbonyl (C=O) groups excluding carboxylic acids is 2. The summed E-state index contributed by atoms with van der Waals surface area (Å²) in [4.78, 5) is 24.5. The quantitative estimate of drug-likeness (QED) is 0.243. The first kappa shape index (κ1) is 26.0. The first-order valence-corrected chi connectivity index (χ1v) is 9.66. The summed E-state index contributed by atoms with van der Waals surface area (Å²) < 4.78 is 30.8. The molecule has 0 atom stereocenters. The molecule has 10 nitrogen and oxygen atoms in total. The lowest BCUT2D eigenvalue weighted by atomic mass is 10.1. The molecule has 0 saturated heterocycles. The van der Waals surface area contributed by atoms with Crippen LogP contribution in [0.2, 0.25) is 0 Å². The van der Waals surface area contributed by atoms with E-state index >= 15 is 0 Å². The van der Waals surface area contributed by atoms with Crippen LogP contribution in [0.3, 0.4) is 0 Å². The molecule has 0 radical (unpaired) electrons. The maximum Gasteiger partial charge on any atom is 0.339 e. The average Bonchev–Trinajstić information content (AvgIpc) is 2.77. The smallest absolute Gasteiger partial charge is 0.339 e. The zero-order valence-corrected chi connectivity index (χ0v) is 17.0. The number of carbonyl (C=O) groups is 2. The van der Waals surface area contributed by atoms with Gasteiger partial charge in [-0.2, -0.15) is 0 Å². The van der Waals surface area contributed by atoms with E-state index in [0.717, 1.165) is 0 Å². The number of aliphatic hydroxyl groups excluding tert-OH is 2. The maximum atomic E-state index is 12.3. The standard InChI is InChI=1S/C20H30O10/c21-5-7-25-9-11-27-13-15-29-19(23)17-3-1-2-4-18(17)20(24)30-16-14-28-12-10-26-8-6-22/h1-4,21-22H,5-16H2. The topological polar surface area (TPSA) is 130 Å². The highest BCUT2D eigenvalue weighted by molar-refractivity contribution is 6.03. The van der Waals surface area contributed by atoms with E-state index in [-0.39, 0.29) is 64.0 Å². The molecule has 2 N–H and O–H groups in total. The van der Waals surface area contributed by atoms with E-state index in [9.17, 15) is 9.59 Å². The minimum atomic E-state index is -0.653. The van der Waals surface area contributed by atoms with Crippen molar-refractivity contribution in [1.29, 1.82) is 0 Å².